The predicted octanol–water partition coefficient (Wildman–Crippen LogP) is 3.84. The van der Waals surface area contributed by atoms with Crippen LogP contribution in [0.2, 0.25) is 0 Å². The monoisotopic (exact) mass is 249 g/mol. The Bertz CT molecular complexity index is 532. The van der Waals surface area contributed by atoms with E-state index < -0.39 is 0 Å². The van der Waals surface area contributed by atoms with Gasteiger partial charge in [-0.1, -0.05) is 66.7 Å². The zero-order valence-electron chi connectivity index (χ0n) is 11.1. The van der Waals surface area contributed by atoms with E-state index in [0.717, 1.165) is 13.1 Å². The van der Waals surface area contributed by atoms with Crippen LogP contribution in [-0.2, 0) is 6.54 Å². The Labute approximate surface area is 115 Å². The SMILES string of the molecule is C=C[C@@H]1[C@H](c2ccccc2)CN1Cc1ccccc1. The highest BCUT2D eigenvalue weighted by molar-refractivity contribution is 5.28. The molecule has 3 rings (SSSR count). The fourth-order valence-corrected chi connectivity index (χ4v) is 2.90. The molecule has 1 heterocycles. The first-order chi connectivity index (χ1) is 9.38. The lowest BCUT2D eigenvalue weighted by Gasteiger charge is -2.47. The zero-order chi connectivity index (χ0) is 13.1. The average Bonchev–Trinajstić information content (AvgIpc) is 2.45. The first kappa shape index (κ1) is 12.2. The van der Waals surface area contributed by atoms with Crippen LogP contribution in [0.4, 0.5) is 0 Å². The van der Waals surface area contributed by atoms with E-state index >= 15 is 0 Å². The molecule has 2 atom stereocenters. The van der Waals surface area contributed by atoms with E-state index in [0.29, 0.717) is 12.0 Å². The maximum absolute atomic E-state index is 4.01. The molecule has 2 aromatic carbocycles. The molecule has 0 unspecified atom stereocenters. The summed E-state index contributed by atoms with van der Waals surface area (Å²) < 4.78 is 0. The summed E-state index contributed by atoms with van der Waals surface area (Å²) in [6.45, 7) is 6.14. The molecular weight excluding hydrogens is 230 g/mol. The van der Waals surface area contributed by atoms with Gasteiger partial charge in [-0.25, -0.2) is 0 Å². The Morgan fingerprint density at radius 1 is 1.00 bits per heavy atom. The van der Waals surface area contributed by atoms with Crippen LogP contribution in [0.5, 0.6) is 0 Å². The molecule has 0 aromatic heterocycles. The number of nitrogens with zero attached hydrogens (tertiary/aromatic N) is 1. The van der Waals surface area contributed by atoms with E-state index in [1.807, 2.05) is 0 Å². The van der Waals surface area contributed by atoms with Crippen molar-refractivity contribution in [2.75, 3.05) is 6.54 Å². The molecule has 1 heteroatoms. The van der Waals surface area contributed by atoms with Crippen molar-refractivity contribution in [2.45, 2.75) is 18.5 Å². The maximum Gasteiger partial charge on any atom is 0.0360 e. The smallest absolute Gasteiger partial charge is 0.0360 e. The van der Waals surface area contributed by atoms with Gasteiger partial charge in [0.2, 0.25) is 0 Å². The van der Waals surface area contributed by atoms with E-state index in [1.54, 1.807) is 0 Å². The Kier molecular flexibility index (Phi) is 3.47. The van der Waals surface area contributed by atoms with E-state index in [9.17, 15) is 0 Å². The Morgan fingerprint density at radius 2 is 1.63 bits per heavy atom. The van der Waals surface area contributed by atoms with Crippen LogP contribution in [0.3, 0.4) is 0 Å². The van der Waals surface area contributed by atoms with Gasteiger partial charge in [-0.3, -0.25) is 4.90 Å². The Morgan fingerprint density at radius 3 is 2.26 bits per heavy atom. The summed E-state index contributed by atoms with van der Waals surface area (Å²) in [5, 5.41) is 0. The molecule has 0 saturated carbocycles. The maximum atomic E-state index is 4.01. The van der Waals surface area contributed by atoms with Crippen molar-refractivity contribution in [3.8, 4) is 0 Å². The van der Waals surface area contributed by atoms with E-state index in [1.165, 1.54) is 11.1 Å². The van der Waals surface area contributed by atoms with Crippen molar-refractivity contribution >= 4 is 0 Å². The molecule has 0 radical (unpaired) electrons. The van der Waals surface area contributed by atoms with E-state index in [-0.39, 0.29) is 0 Å². The Balaban J connectivity index is 1.69. The van der Waals surface area contributed by atoms with Crippen LogP contribution in [0.1, 0.15) is 17.0 Å². The van der Waals surface area contributed by atoms with Crippen molar-refractivity contribution < 1.29 is 0 Å². The molecule has 1 nitrogen and oxygen atoms in total. The van der Waals surface area contributed by atoms with Gasteiger partial charge >= 0.3 is 0 Å². The molecule has 2 aromatic rings. The molecular formula is C18H19N. The van der Waals surface area contributed by atoms with Gasteiger partial charge in [0.05, 0.1) is 0 Å². The van der Waals surface area contributed by atoms with Gasteiger partial charge in [-0.15, -0.1) is 6.58 Å². The predicted molar refractivity (Wildman–Crippen MR) is 80.0 cm³/mol. The van der Waals surface area contributed by atoms with Gasteiger partial charge < -0.3 is 0 Å². The largest absolute Gasteiger partial charge is 0.291 e. The zero-order valence-corrected chi connectivity index (χ0v) is 11.1. The van der Waals surface area contributed by atoms with Crippen LogP contribution in [0, 0.1) is 0 Å². The van der Waals surface area contributed by atoms with Crippen molar-refractivity contribution in [1.82, 2.24) is 4.90 Å². The molecule has 0 aliphatic carbocycles. The van der Waals surface area contributed by atoms with Gasteiger partial charge in [-0.2, -0.15) is 0 Å². The average molecular weight is 249 g/mol. The van der Waals surface area contributed by atoms with Crippen LogP contribution >= 0.6 is 0 Å². The molecule has 19 heavy (non-hydrogen) atoms. The number of benzene rings is 2. The van der Waals surface area contributed by atoms with Gasteiger partial charge in [0, 0.05) is 25.0 Å². The molecule has 96 valence electrons. The van der Waals surface area contributed by atoms with Crippen LogP contribution in [-0.4, -0.2) is 17.5 Å². The summed E-state index contributed by atoms with van der Waals surface area (Å²) in [6.07, 6.45) is 2.09. The highest BCUT2D eigenvalue weighted by atomic mass is 15.2. The van der Waals surface area contributed by atoms with Gasteiger partial charge in [0.25, 0.3) is 0 Å². The third-order valence-corrected chi connectivity index (χ3v) is 3.96. The summed E-state index contributed by atoms with van der Waals surface area (Å²) in [7, 11) is 0. The summed E-state index contributed by atoms with van der Waals surface area (Å²) in [6, 6.07) is 21.9. The number of hydrogen-bond donors (Lipinski definition) is 0. The van der Waals surface area contributed by atoms with Gasteiger partial charge in [0.1, 0.15) is 0 Å². The van der Waals surface area contributed by atoms with Gasteiger partial charge in [-0.05, 0) is 11.1 Å². The molecule has 1 aliphatic rings. The molecule has 0 N–H and O–H groups in total. The molecule has 0 spiro atoms. The van der Waals surface area contributed by atoms with Gasteiger partial charge in [0.15, 0.2) is 0 Å². The minimum Gasteiger partial charge on any atom is -0.291 e. The molecule has 0 bridgehead atoms. The second-order valence-electron chi connectivity index (χ2n) is 5.16. The number of rotatable bonds is 4. The van der Waals surface area contributed by atoms with Crippen molar-refractivity contribution in [3.05, 3.63) is 84.4 Å². The van der Waals surface area contributed by atoms with Crippen molar-refractivity contribution in [2.24, 2.45) is 0 Å². The highest BCUT2D eigenvalue weighted by Gasteiger charge is 2.37. The lowest BCUT2D eigenvalue weighted by atomic mass is 9.82. The summed E-state index contributed by atoms with van der Waals surface area (Å²) in [4.78, 5) is 2.49. The summed E-state index contributed by atoms with van der Waals surface area (Å²) >= 11 is 0. The second kappa shape index (κ2) is 5.41. The quantitative estimate of drug-likeness (QED) is 0.744. The van der Waals surface area contributed by atoms with Crippen LogP contribution in [0.15, 0.2) is 73.3 Å². The van der Waals surface area contributed by atoms with E-state index in [2.05, 4.69) is 78.2 Å². The molecule has 1 saturated heterocycles. The van der Waals surface area contributed by atoms with E-state index in [4.69, 9.17) is 0 Å². The number of likely N-dealkylation sites (tertiary alicyclic amines) is 1. The Hall–Kier alpha value is -1.86. The first-order valence-corrected chi connectivity index (χ1v) is 6.84. The van der Waals surface area contributed by atoms with Crippen molar-refractivity contribution in [3.63, 3.8) is 0 Å². The van der Waals surface area contributed by atoms with Crippen molar-refractivity contribution in [1.29, 1.82) is 0 Å². The molecule has 0 amide bonds. The standard InChI is InChI=1S/C18H19N/c1-2-18-17(16-11-7-4-8-12-16)14-19(18)13-15-9-5-3-6-10-15/h2-12,17-18H,1,13-14H2/t17-,18+/m0/s1. The topological polar surface area (TPSA) is 3.24 Å². The normalized spacial score (nSPS) is 22.7. The van der Waals surface area contributed by atoms with Crippen LogP contribution in [0.25, 0.3) is 0 Å². The third-order valence-electron chi connectivity index (χ3n) is 3.96. The lowest BCUT2D eigenvalue weighted by molar-refractivity contribution is 0.0846. The minimum absolute atomic E-state index is 0.461. The highest BCUT2D eigenvalue weighted by Crippen LogP contribution is 2.35. The fourth-order valence-electron chi connectivity index (χ4n) is 2.90. The number of hydrogen-bond acceptors (Lipinski definition) is 1. The first-order valence-electron chi connectivity index (χ1n) is 6.84. The molecule has 1 fully saturated rings. The fraction of sp³-hybridized carbons (Fsp3) is 0.222. The van der Waals surface area contributed by atoms with Crippen LogP contribution < -0.4 is 0 Å². The lowest BCUT2D eigenvalue weighted by Crippen LogP contribution is -2.52. The second-order valence-corrected chi connectivity index (χ2v) is 5.16. The minimum atomic E-state index is 0.461. The third kappa shape index (κ3) is 2.47. The molecule has 1 aliphatic heterocycles. The summed E-state index contributed by atoms with van der Waals surface area (Å²) in [5.41, 5.74) is 2.80. The summed E-state index contributed by atoms with van der Waals surface area (Å²) in [5.74, 6) is 0.599.